The van der Waals surface area contributed by atoms with Crippen LogP contribution in [0.15, 0.2) is 24.8 Å². The first-order valence-corrected chi connectivity index (χ1v) is 4.63. The molecule has 0 unspecified atom stereocenters. The van der Waals surface area contributed by atoms with Gasteiger partial charge < -0.3 is 0 Å². The number of hydrogen-bond donors (Lipinski definition) is 0. The number of aryl methyl sites for hydroxylation is 2. The molecule has 72 valence electrons. The van der Waals surface area contributed by atoms with Crippen LogP contribution in [-0.2, 0) is 6.54 Å². The molecule has 3 heteroatoms. The van der Waals surface area contributed by atoms with Crippen molar-refractivity contribution in [3.05, 3.63) is 35.9 Å². The predicted molar refractivity (Wildman–Crippen MR) is 57.2 cm³/mol. The van der Waals surface area contributed by atoms with Gasteiger partial charge in [-0.15, -0.1) is 6.58 Å². The van der Waals surface area contributed by atoms with Crippen LogP contribution in [0, 0.1) is 13.8 Å². The molecule has 0 aliphatic rings. The monoisotopic (exact) mass is 187 g/mol. The molecule has 3 nitrogen and oxygen atoms in total. The van der Waals surface area contributed by atoms with Crippen LogP contribution in [0.5, 0.6) is 0 Å². The molecule has 0 radical (unpaired) electrons. The Morgan fingerprint density at radius 1 is 1.21 bits per heavy atom. The largest absolute Gasteiger partial charge is 0.180 e. The summed E-state index contributed by atoms with van der Waals surface area (Å²) in [5, 5.41) is 8.68. The number of allylic oxidation sites excluding steroid dienone is 1. The molecule has 0 aliphatic heterocycles. The molecular formula is C11H13N3. The van der Waals surface area contributed by atoms with Gasteiger partial charge in [-0.3, -0.25) is 0 Å². The molecule has 1 heterocycles. The van der Waals surface area contributed by atoms with Gasteiger partial charge in [0.25, 0.3) is 0 Å². The van der Waals surface area contributed by atoms with Crippen LogP contribution >= 0.6 is 0 Å². The fourth-order valence-electron chi connectivity index (χ4n) is 1.41. The van der Waals surface area contributed by atoms with E-state index in [9.17, 15) is 0 Å². The molecule has 14 heavy (non-hydrogen) atoms. The van der Waals surface area contributed by atoms with Crippen molar-refractivity contribution in [2.24, 2.45) is 0 Å². The first-order chi connectivity index (χ1) is 6.70. The fourth-order valence-corrected chi connectivity index (χ4v) is 1.41. The zero-order chi connectivity index (χ0) is 10.1. The summed E-state index contributed by atoms with van der Waals surface area (Å²) in [6, 6.07) is 4.13. The van der Waals surface area contributed by atoms with Crippen molar-refractivity contribution in [1.82, 2.24) is 15.0 Å². The molecule has 2 aromatic rings. The summed E-state index contributed by atoms with van der Waals surface area (Å²) in [5.74, 6) is 0. The van der Waals surface area contributed by atoms with E-state index >= 15 is 0 Å². The van der Waals surface area contributed by atoms with Gasteiger partial charge in [-0.05, 0) is 37.1 Å². The molecule has 0 atom stereocenters. The van der Waals surface area contributed by atoms with E-state index < -0.39 is 0 Å². The third-order valence-corrected chi connectivity index (χ3v) is 2.33. The van der Waals surface area contributed by atoms with E-state index in [4.69, 9.17) is 0 Å². The summed E-state index contributed by atoms with van der Waals surface area (Å²) in [7, 11) is 0. The van der Waals surface area contributed by atoms with Crippen LogP contribution in [0.3, 0.4) is 0 Å². The van der Waals surface area contributed by atoms with Crippen LogP contribution in [0.2, 0.25) is 0 Å². The molecule has 0 saturated heterocycles. The topological polar surface area (TPSA) is 30.7 Å². The molecule has 1 aromatic carbocycles. The lowest BCUT2D eigenvalue weighted by atomic mass is 10.1. The van der Waals surface area contributed by atoms with E-state index in [2.05, 4.69) is 42.8 Å². The van der Waals surface area contributed by atoms with E-state index in [1.54, 1.807) is 10.9 Å². The average molecular weight is 187 g/mol. The maximum atomic E-state index is 4.34. The molecule has 0 amide bonds. The van der Waals surface area contributed by atoms with E-state index in [0.717, 1.165) is 11.0 Å². The van der Waals surface area contributed by atoms with Crippen molar-refractivity contribution in [3.8, 4) is 0 Å². The molecule has 0 fully saturated rings. The summed E-state index contributed by atoms with van der Waals surface area (Å²) in [4.78, 5) is 1.66. The summed E-state index contributed by atoms with van der Waals surface area (Å²) in [6.45, 7) is 8.49. The summed E-state index contributed by atoms with van der Waals surface area (Å²) >= 11 is 0. The molecular weight excluding hydrogens is 174 g/mol. The quantitative estimate of drug-likeness (QED) is 0.675. The van der Waals surface area contributed by atoms with Gasteiger partial charge in [-0.25, -0.2) is 0 Å². The molecule has 2 rings (SSSR count). The third-order valence-electron chi connectivity index (χ3n) is 2.33. The Bertz CT molecular complexity index is 443. The van der Waals surface area contributed by atoms with Crippen LogP contribution < -0.4 is 0 Å². The number of benzene rings is 1. The maximum Gasteiger partial charge on any atom is 0.113 e. The number of aromatic nitrogens is 3. The zero-order valence-corrected chi connectivity index (χ0v) is 8.49. The smallest absolute Gasteiger partial charge is 0.113 e. The van der Waals surface area contributed by atoms with Gasteiger partial charge in [-0.1, -0.05) is 6.08 Å². The SMILES string of the molecule is C=CCn1nc2cc(C)c(C)cc2n1. The molecule has 0 bridgehead atoms. The van der Waals surface area contributed by atoms with E-state index in [0.29, 0.717) is 6.54 Å². The standard InChI is InChI=1S/C11H13N3/c1-4-5-14-12-10-6-8(2)9(3)7-11(10)13-14/h4,6-7H,1,5H2,2-3H3. The Labute approximate surface area is 83.0 Å². The third kappa shape index (κ3) is 1.41. The van der Waals surface area contributed by atoms with Gasteiger partial charge in [0.2, 0.25) is 0 Å². The number of rotatable bonds is 2. The minimum Gasteiger partial charge on any atom is -0.180 e. The van der Waals surface area contributed by atoms with Crippen LogP contribution in [0.25, 0.3) is 11.0 Å². The Morgan fingerprint density at radius 3 is 2.14 bits per heavy atom. The lowest BCUT2D eigenvalue weighted by molar-refractivity contribution is 0.612. The average Bonchev–Trinajstić information content (AvgIpc) is 2.48. The zero-order valence-electron chi connectivity index (χ0n) is 8.49. The lowest BCUT2D eigenvalue weighted by Gasteiger charge is -1.95. The van der Waals surface area contributed by atoms with Crippen molar-refractivity contribution in [2.75, 3.05) is 0 Å². The van der Waals surface area contributed by atoms with Crippen molar-refractivity contribution >= 4 is 11.0 Å². The second-order valence-corrected chi connectivity index (χ2v) is 3.47. The van der Waals surface area contributed by atoms with Gasteiger partial charge in [0.15, 0.2) is 0 Å². The maximum absolute atomic E-state index is 4.34. The highest BCUT2D eigenvalue weighted by molar-refractivity contribution is 5.75. The van der Waals surface area contributed by atoms with Gasteiger partial charge in [-0.2, -0.15) is 15.0 Å². The highest BCUT2D eigenvalue weighted by Gasteiger charge is 2.03. The van der Waals surface area contributed by atoms with Crippen molar-refractivity contribution in [3.63, 3.8) is 0 Å². The minimum atomic E-state index is 0.659. The van der Waals surface area contributed by atoms with E-state index in [1.165, 1.54) is 11.1 Å². The Kier molecular flexibility index (Phi) is 2.08. The van der Waals surface area contributed by atoms with Gasteiger partial charge in [0, 0.05) is 0 Å². The summed E-state index contributed by atoms with van der Waals surface area (Å²) in [5.41, 5.74) is 4.41. The summed E-state index contributed by atoms with van der Waals surface area (Å²) < 4.78 is 0. The second-order valence-electron chi connectivity index (χ2n) is 3.47. The summed E-state index contributed by atoms with van der Waals surface area (Å²) in [6.07, 6.45) is 1.79. The Morgan fingerprint density at radius 2 is 1.71 bits per heavy atom. The van der Waals surface area contributed by atoms with Crippen molar-refractivity contribution in [1.29, 1.82) is 0 Å². The van der Waals surface area contributed by atoms with Gasteiger partial charge >= 0.3 is 0 Å². The second kappa shape index (κ2) is 3.25. The molecule has 0 N–H and O–H groups in total. The van der Waals surface area contributed by atoms with E-state index in [-0.39, 0.29) is 0 Å². The molecule has 0 spiro atoms. The molecule has 0 saturated carbocycles. The Balaban J connectivity index is 2.59. The molecule has 0 aliphatic carbocycles. The van der Waals surface area contributed by atoms with Gasteiger partial charge in [0.05, 0.1) is 6.54 Å². The lowest BCUT2D eigenvalue weighted by Crippen LogP contribution is -1.98. The van der Waals surface area contributed by atoms with Gasteiger partial charge in [0.1, 0.15) is 11.0 Å². The normalized spacial score (nSPS) is 10.7. The number of nitrogens with zero attached hydrogens (tertiary/aromatic N) is 3. The Hall–Kier alpha value is -1.64. The first-order valence-electron chi connectivity index (χ1n) is 4.63. The fraction of sp³-hybridized carbons (Fsp3) is 0.273. The van der Waals surface area contributed by atoms with E-state index in [1.807, 2.05) is 0 Å². The number of hydrogen-bond acceptors (Lipinski definition) is 2. The van der Waals surface area contributed by atoms with Crippen LogP contribution in [0.1, 0.15) is 11.1 Å². The highest BCUT2D eigenvalue weighted by Crippen LogP contribution is 2.15. The van der Waals surface area contributed by atoms with Crippen molar-refractivity contribution < 1.29 is 0 Å². The molecule has 1 aromatic heterocycles. The van der Waals surface area contributed by atoms with Crippen LogP contribution in [-0.4, -0.2) is 15.0 Å². The van der Waals surface area contributed by atoms with Crippen LogP contribution in [0.4, 0.5) is 0 Å². The first kappa shape index (κ1) is 8.94. The minimum absolute atomic E-state index is 0.659. The van der Waals surface area contributed by atoms with Crippen molar-refractivity contribution in [2.45, 2.75) is 20.4 Å². The number of fused-ring (bicyclic) bond motifs is 1. The highest BCUT2D eigenvalue weighted by atomic mass is 15.5. The predicted octanol–water partition coefficient (Wildman–Crippen LogP) is 2.23.